The molecule has 11 heteroatoms. The third-order valence-corrected chi connectivity index (χ3v) is 5.77. The number of urea groups is 1. The number of nitrogens with one attached hydrogen (secondary N) is 1. The minimum atomic E-state index is -1.16. The van der Waals surface area contributed by atoms with E-state index in [2.05, 4.69) is 11.9 Å². The fourth-order valence-electron chi connectivity index (χ4n) is 4.07. The number of amides is 4. The van der Waals surface area contributed by atoms with E-state index in [9.17, 15) is 19.2 Å². The van der Waals surface area contributed by atoms with E-state index in [1.165, 1.54) is 12.1 Å². The van der Waals surface area contributed by atoms with Gasteiger partial charge in [0.15, 0.2) is 29.6 Å². The molecule has 218 valence electrons. The number of carboxylic acids is 1. The maximum atomic E-state index is 13.4. The van der Waals surface area contributed by atoms with Gasteiger partial charge in [-0.2, -0.15) is 0 Å². The molecule has 3 rings (SSSR count). The molecule has 0 saturated carbocycles. The van der Waals surface area contributed by atoms with Crippen LogP contribution in [0, 0.1) is 0 Å². The molecule has 1 aliphatic heterocycles. The number of rotatable bonds is 15. The van der Waals surface area contributed by atoms with Gasteiger partial charge in [0.1, 0.15) is 5.57 Å². The third-order valence-electron chi connectivity index (χ3n) is 5.77. The molecule has 0 aromatic heterocycles. The van der Waals surface area contributed by atoms with Crippen molar-refractivity contribution in [2.45, 2.75) is 40.2 Å². The number of hydrogen-bond donors (Lipinski definition) is 2. The van der Waals surface area contributed by atoms with Crippen molar-refractivity contribution < 1.29 is 43.2 Å². The van der Waals surface area contributed by atoms with E-state index in [4.69, 9.17) is 24.1 Å². The molecule has 2 aromatic carbocycles. The first-order valence-corrected chi connectivity index (χ1v) is 13.2. The number of aliphatic carboxylic acids is 1. The maximum absolute atomic E-state index is 13.4. The highest BCUT2D eigenvalue weighted by Gasteiger charge is 2.36. The zero-order valence-corrected chi connectivity index (χ0v) is 23.4. The van der Waals surface area contributed by atoms with E-state index in [0.29, 0.717) is 47.8 Å². The Kier molecular flexibility index (Phi) is 10.9. The lowest BCUT2D eigenvalue weighted by Crippen LogP contribution is -2.53. The molecule has 2 aromatic rings. The van der Waals surface area contributed by atoms with Crippen LogP contribution in [0.1, 0.15) is 43.9 Å². The number of ether oxygens (including phenoxy) is 4. The quantitative estimate of drug-likeness (QED) is 0.185. The van der Waals surface area contributed by atoms with Crippen molar-refractivity contribution in [1.82, 2.24) is 10.2 Å². The maximum Gasteiger partial charge on any atom is 0.341 e. The van der Waals surface area contributed by atoms with Gasteiger partial charge < -0.3 is 24.1 Å². The van der Waals surface area contributed by atoms with Crippen molar-refractivity contribution in [2.24, 2.45) is 0 Å². The Hall–Kier alpha value is -4.80. The van der Waals surface area contributed by atoms with Crippen LogP contribution in [0.3, 0.4) is 0 Å². The van der Waals surface area contributed by atoms with Gasteiger partial charge >= 0.3 is 12.0 Å². The number of carboxylic acid groups (broad SMARTS) is 1. The Balaban J connectivity index is 1.96. The second-order valence-corrected chi connectivity index (χ2v) is 8.89. The largest absolute Gasteiger partial charge is 0.490 e. The molecule has 4 amide bonds. The number of carbonyl (C=O) groups is 4. The standard InChI is InChI=1S/C30H34N2O9/c1-5-9-21-13-20(16-25(39-8-4)27(21)41-18-26(33)34)14-22-28(35)31-30(37)32(29(22)36)17-19-10-11-23(40-12-6-2)24(15-19)38-7-3/h5,10-11,13-16H,1,6-9,12,17-18H2,2-4H3,(H,33,34)(H,31,35,37)/b22-14+. The Morgan fingerprint density at radius 3 is 2.37 bits per heavy atom. The molecule has 0 bridgehead atoms. The van der Waals surface area contributed by atoms with Gasteiger partial charge in [0.25, 0.3) is 11.8 Å². The molecule has 2 N–H and O–H groups in total. The van der Waals surface area contributed by atoms with E-state index < -0.39 is 30.4 Å². The van der Waals surface area contributed by atoms with Crippen LogP contribution in [0.2, 0.25) is 0 Å². The minimum Gasteiger partial charge on any atom is -0.490 e. The fourth-order valence-corrected chi connectivity index (χ4v) is 4.07. The minimum absolute atomic E-state index is 0.114. The van der Waals surface area contributed by atoms with Crippen LogP contribution in [0.15, 0.2) is 48.6 Å². The van der Waals surface area contributed by atoms with E-state index in [1.807, 2.05) is 13.8 Å². The Morgan fingerprint density at radius 1 is 0.976 bits per heavy atom. The summed E-state index contributed by atoms with van der Waals surface area (Å²) in [5.41, 5.74) is 1.30. The first-order chi connectivity index (χ1) is 19.7. The molecule has 1 fully saturated rings. The van der Waals surface area contributed by atoms with Crippen LogP contribution >= 0.6 is 0 Å². The number of nitrogens with zero attached hydrogens (tertiary/aromatic N) is 1. The summed E-state index contributed by atoms with van der Waals surface area (Å²) in [5.74, 6) is -1.28. The van der Waals surface area contributed by atoms with Crippen molar-refractivity contribution in [3.8, 4) is 23.0 Å². The number of imide groups is 2. The monoisotopic (exact) mass is 566 g/mol. The number of barbiturate groups is 1. The van der Waals surface area contributed by atoms with Crippen LogP contribution in [0.5, 0.6) is 23.0 Å². The lowest BCUT2D eigenvalue weighted by Gasteiger charge is -2.27. The molecule has 0 radical (unpaired) electrons. The molecule has 0 spiro atoms. The van der Waals surface area contributed by atoms with Crippen LogP contribution in [-0.4, -0.2) is 60.2 Å². The van der Waals surface area contributed by atoms with Crippen molar-refractivity contribution >= 4 is 29.9 Å². The van der Waals surface area contributed by atoms with Gasteiger partial charge in [0, 0.05) is 5.56 Å². The Morgan fingerprint density at radius 2 is 1.71 bits per heavy atom. The molecule has 1 saturated heterocycles. The number of carbonyl (C=O) groups excluding carboxylic acids is 3. The molecule has 11 nitrogen and oxygen atoms in total. The SMILES string of the molecule is C=CCc1cc(/C=C2\C(=O)NC(=O)N(Cc3ccc(OCCC)c(OCC)c3)C2=O)cc(OCC)c1OCC(=O)O. The summed E-state index contributed by atoms with van der Waals surface area (Å²) in [7, 11) is 0. The predicted octanol–water partition coefficient (Wildman–Crippen LogP) is 4.13. The summed E-state index contributed by atoms with van der Waals surface area (Å²) in [5, 5.41) is 11.3. The van der Waals surface area contributed by atoms with Gasteiger partial charge in [-0.05, 0) is 68.2 Å². The highest BCUT2D eigenvalue weighted by Crippen LogP contribution is 2.35. The zero-order chi connectivity index (χ0) is 29.9. The molecular weight excluding hydrogens is 532 g/mol. The van der Waals surface area contributed by atoms with Crippen molar-refractivity contribution in [1.29, 1.82) is 0 Å². The smallest absolute Gasteiger partial charge is 0.341 e. The lowest BCUT2D eigenvalue weighted by molar-refractivity contribution is -0.139. The Labute approximate surface area is 238 Å². The van der Waals surface area contributed by atoms with E-state index >= 15 is 0 Å². The molecule has 1 heterocycles. The van der Waals surface area contributed by atoms with E-state index in [1.54, 1.807) is 37.3 Å². The summed E-state index contributed by atoms with van der Waals surface area (Å²) in [6.07, 6.45) is 4.07. The number of benzene rings is 2. The molecular formula is C30H34N2O9. The van der Waals surface area contributed by atoms with Gasteiger partial charge in [-0.25, -0.2) is 9.59 Å². The Bertz CT molecular complexity index is 1350. The molecule has 0 aliphatic carbocycles. The summed E-state index contributed by atoms with van der Waals surface area (Å²) in [6.45, 7) is 9.76. The fraction of sp³-hybridized carbons (Fsp3) is 0.333. The van der Waals surface area contributed by atoms with Crippen molar-refractivity contribution in [2.75, 3.05) is 26.4 Å². The molecule has 1 aliphatic rings. The molecule has 41 heavy (non-hydrogen) atoms. The number of allylic oxidation sites excluding steroid dienone is 1. The van der Waals surface area contributed by atoms with Gasteiger partial charge in [0.2, 0.25) is 0 Å². The highest BCUT2D eigenvalue weighted by molar-refractivity contribution is 6.31. The summed E-state index contributed by atoms with van der Waals surface area (Å²) < 4.78 is 22.5. The van der Waals surface area contributed by atoms with Gasteiger partial charge in [-0.1, -0.05) is 19.1 Å². The average Bonchev–Trinajstić information content (AvgIpc) is 2.93. The zero-order valence-electron chi connectivity index (χ0n) is 23.4. The molecule has 0 unspecified atom stereocenters. The average molecular weight is 567 g/mol. The number of hydrogen-bond acceptors (Lipinski definition) is 8. The second-order valence-electron chi connectivity index (χ2n) is 8.89. The lowest BCUT2D eigenvalue weighted by atomic mass is 10.0. The van der Waals surface area contributed by atoms with Crippen molar-refractivity contribution in [3.63, 3.8) is 0 Å². The normalized spacial score (nSPS) is 14.1. The first kappa shape index (κ1) is 30.7. The van der Waals surface area contributed by atoms with E-state index in [0.717, 1.165) is 11.3 Å². The van der Waals surface area contributed by atoms with Gasteiger partial charge in [-0.15, -0.1) is 6.58 Å². The van der Waals surface area contributed by atoms with Crippen LogP contribution in [0.4, 0.5) is 4.79 Å². The highest BCUT2D eigenvalue weighted by atomic mass is 16.5. The second kappa shape index (κ2) is 14.5. The van der Waals surface area contributed by atoms with Crippen LogP contribution in [0.25, 0.3) is 6.08 Å². The van der Waals surface area contributed by atoms with Crippen molar-refractivity contribution in [3.05, 3.63) is 65.3 Å². The first-order valence-electron chi connectivity index (χ1n) is 13.2. The third kappa shape index (κ3) is 7.87. The van der Waals surface area contributed by atoms with Gasteiger partial charge in [0.05, 0.1) is 26.4 Å². The predicted molar refractivity (Wildman–Crippen MR) is 150 cm³/mol. The van der Waals surface area contributed by atoms with E-state index in [-0.39, 0.29) is 30.2 Å². The summed E-state index contributed by atoms with van der Waals surface area (Å²) in [4.78, 5) is 50.9. The molecule has 0 atom stereocenters. The summed E-state index contributed by atoms with van der Waals surface area (Å²) >= 11 is 0. The van der Waals surface area contributed by atoms with Crippen LogP contribution < -0.4 is 24.3 Å². The van der Waals surface area contributed by atoms with Crippen LogP contribution in [-0.2, 0) is 27.3 Å². The topological polar surface area (TPSA) is 141 Å². The van der Waals surface area contributed by atoms with Gasteiger partial charge in [-0.3, -0.25) is 19.8 Å². The summed E-state index contributed by atoms with van der Waals surface area (Å²) in [6, 6.07) is 7.46.